The van der Waals surface area contributed by atoms with E-state index in [1.807, 2.05) is 56.0 Å². The quantitative estimate of drug-likeness (QED) is 0.780. The van der Waals surface area contributed by atoms with Gasteiger partial charge in [-0.3, -0.25) is 9.69 Å². The number of ether oxygens (including phenoxy) is 1. The average Bonchev–Trinajstić information content (AvgIpc) is 2.61. The van der Waals surface area contributed by atoms with Crippen LogP contribution in [0.3, 0.4) is 0 Å². The third-order valence-electron chi connectivity index (χ3n) is 4.40. The number of nitrogens with zero attached hydrogens (tertiary/aromatic N) is 2. The molecule has 0 saturated carbocycles. The SMILES string of the molecule is CC(C)(C)OC(=O)NCCN1CCN(C(=O)C(N)Cc2ccccc2)CC1. The fourth-order valence-electron chi connectivity index (χ4n) is 3.01. The van der Waals surface area contributed by atoms with Crippen LogP contribution >= 0.6 is 0 Å². The number of hydrogen-bond acceptors (Lipinski definition) is 5. The van der Waals surface area contributed by atoms with Crippen molar-refractivity contribution in [1.82, 2.24) is 15.1 Å². The van der Waals surface area contributed by atoms with E-state index in [2.05, 4.69) is 10.2 Å². The van der Waals surface area contributed by atoms with Crippen molar-refractivity contribution < 1.29 is 14.3 Å². The smallest absolute Gasteiger partial charge is 0.407 e. The van der Waals surface area contributed by atoms with Gasteiger partial charge < -0.3 is 20.7 Å². The molecule has 1 aliphatic rings. The maximum Gasteiger partial charge on any atom is 0.407 e. The topological polar surface area (TPSA) is 87.9 Å². The first-order valence-corrected chi connectivity index (χ1v) is 9.52. The van der Waals surface area contributed by atoms with Crippen molar-refractivity contribution in [2.24, 2.45) is 5.73 Å². The van der Waals surface area contributed by atoms with Gasteiger partial charge in [-0.15, -0.1) is 0 Å². The molecule has 1 atom stereocenters. The van der Waals surface area contributed by atoms with Gasteiger partial charge in [0.05, 0.1) is 6.04 Å². The predicted molar refractivity (Wildman–Crippen MR) is 105 cm³/mol. The monoisotopic (exact) mass is 376 g/mol. The molecular weight excluding hydrogens is 344 g/mol. The van der Waals surface area contributed by atoms with Crippen molar-refractivity contribution in [3.63, 3.8) is 0 Å². The van der Waals surface area contributed by atoms with Crippen molar-refractivity contribution in [2.75, 3.05) is 39.3 Å². The number of nitrogens with two attached hydrogens (primary N) is 1. The summed E-state index contributed by atoms with van der Waals surface area (Å²) < 4.78 is 5.22. The predicted octanol–water partition coefficient (Wildman–Crippen LogP) is 1.23. The van der Waals surface area contributed by atoms with E-state index < -0.39 is 17.7 Å². The Kier molecular flexibility index (Phi) is 7.62. The molecule has 2 rings (SSSR count). The minimum absolute atomic E-state index is 0.00498. The van der Waals surface area contributed by atoms with Crippen LogP contribution in [0.5, 0.6) is 0 Å². The number of nitrogens with one attached hydrogen (secondary N) is 1. The van der Waals surface area contributed by atoms with Gasteiger partial charge in [0.15, 0.2) is 0 Å². The number of amides is 2. The number of hydrogen-bond donors (Lipinski definition) is 2. The number of carbonyl (C=O) groups is 2. The van der Waals surface area contributed by atoms with Crippen LogP contribution in [0.4, 0.5) is 4.79 Å². The molecule has 1 aromatic carbocycles. The van der Waals surface area contributed by atoms with Gasteiger partial charge in [0.1, 0.15) is 5.60 Å². The zero-order valence-electron chi connectivity index (χ0n) is 16.6. The minimum atomic E-state index is -0.507. The number of benzene rings is 1. The van der Waals surface area contributed by atoms with Gasteiger partial charge in [-0.1, -0.05) is 30.3 Å². The highest BCUT2D eigenvalue weighted by Crippen LogP contribution is 2.08. The summed E-state index contributed by atoms with van der Waals surface area (Å²) in [4.78, 5) is 28.3. The number of rotatable bonds is 6. The van der Waals surface area contributed by atoms with Crippen LogP contribution < -0.4 is 11.1 Å². The highest BCUT2D eigenvalue weighted by Gasteiger charge is 2.25. The molecule has 1 unspecified atom stereocenters. The second-order valence-electron chi connectivity index (χ2n) is 7.89. The van der Waals surface area contributed by atoms with Crippen LogP contribution in [-0.2, 0) is 16.0 Å². The van der Waals surface area contributed by atoms with Crippen LogP contribution in [-0.4, -0.2) is 72.7 Å². The Balaban J connectivity index is 1.67. The molecule has 150 valence electrons. The third kappa shape index (κ3) is 7.56. The van der Waals surface area contributed by atoms with Crippen LogP contribution in [0.25, 0.3) is 0 Å². The molecule has 0 aliphatic carbocycles. The highest BCUT2D eigenvalue weighted by molar-refractivity contribution is 5.82. The second kappa shape index (κ2) is 9.71. The first kappa shape index (κ1) is 21.2. The molecule has 0 radical (unpaired) electrons. The van der Waals surface area contributed by atoms with E-state index in [1.54, 1.807) is 0 Å². The maximum atomic E-state index is 12.6. The Morgan fingerprint density at radius 3 is 2.37 bits per heavy atom. The van der Waals surface area contributed by atoms with E-state index in [0.29, 0.717) is 26.1 Å². The molecule has 0 spiro atoms. The van der Waals surface area contributed by atoms with Crippen molar-refractivity contribution >= 4 is 12.0 Å². The van der Waals surface area contributed by atoms with Crippen LogP contribution in [0.15, 0.2) is 30.3 Å². The van der Waals surface area contributed by atoms with E-state index in [-0.39, 0.29) is 5.91 Å². The van der Waals surface area contributed by atoms with Gasteiger partial charge in [0.2, 0.25) is 5.91 Å². The summed E-state index contributed by atoms with van der Waals surface area (Å²) in [6.45, 7) is 9.65. The highest BCUT2D eigenvalue weighted by atomic mass is 16.6. The van der Waals surface area contributed by atoms with Crippen molar-refractivity contribution in [3.05, 3.63) is 35.9 Å². The maximum absolute atomic E-state index is 12.6. The number of alkyl carbamates (subject to hydrolysis) is 1. The third-order valence-corrected chi connectivity index (χ3v) is 4.40. The molecule has 7 heteroatoms. The Hall–Kier alpha value is -2.12. The van der Waals surface area contributed by atoms with Crippen LogP contribution in [0.1, 0.15) is 26.3 Å². The lowest BCUT2D eigenvalue weighted by Crippen LogP contribution is -2.54. The second-order valence-corrected chi connectivity index (χ2v) is 7.89. The number of carbonyl (C=O) groups excluding carboxylic acids is 2. The average molecular weight is 377 g/mol. The standard InChI is InChI=1S/C20H32N4O3/c1-20(2,3)27-19(26)22-9-10-23-11-13-24(14-12-23)18(25)17(21)15-16-7-5-4-6-8-16/h4-8,17H,9-15,21H2,1-3H3,(H,22,26). The van der Waals surface area contributed by atoms with Gasteiger partial charge in [-0.05, 0) is 32.8 Å². The first-order valence-electron chi connectivity index (χ1n) is 9.52. The van der Waals surface area contributed by atoms with E-state index in [9.17, 15) is 9.59 Å². The summed E-state index contributed by atoms with van der Waals surface area (Å²) in [6.07, 6.45) is 0.155. The van der Waals surface area contributed by atoms with Gasteiger partial charge in [0.25, 0.3) is 0 Å². The number of piperazine rings is 1. The van der Waals surface area contributed by atoms with Crippen molar-refractivity contribution in [1.29, 1.82) is 0 Å². The Morgan fingerprint density at radius 2 is 1.78 bits per heavy atom. The molecule has 0 bridgehead atoms. The summed E-state index contributed by atoms with van der Waals surface area (Å²) in [5.74, 6) is 0.00498. The Morgan fingerprint density at radius 1 is 1.15 bits per heavy atom. The summed E-state index contributed by atoms with van der Waals surface area (Å²) in [5, 5.41) is 2.76. The molecule has 0 aromatic heterocycles. The van der Waals surface area contributed by atoms with Gasteiger partial charge >= 0.3 is 6.09 Å². The molecule has 1 aromatic rings. The summed E-state index contributed by atoms with van der Waals surface area (Å²) in [7, 11) is 0. The Labute approximate surface area is 161 Å². The Bertz CT molecular complexity index is 607. The fraction of sp³-hybridized carbons (Fsp3) is 0.600. The van der Waals surface area contributed by atoms with E-state index in [4.69, 9.17) is 10.5 Å². The van der Waals surface area contributed by atoms with Crippen molar-refractivity contribution in [2.45, 2.75) is 38.8 Å². The fourth-order valence-corrected chi connectivity index (χ4v) is 3.01. The lowest BCUT2D eigenvalue weighted by atomic mass is 10.1. The molecule has 7 nitrogen and oxygen atoms in total. The summed E-state index contributed by atoms with van der Waals surface area (Å²) >= 11 is 0. The molecule has 1 fully saturated rings. The molecule has 3 N–H and O–H groups in total. The van der Waals surface area contributed by atoms with Crippen molar-refractivity contribution in [3.8, 4) is 0 Å². The first-order chi connectivity index (χ1) is 12.7. The molecular formula is C20H32N4O3. The zero-order valence-corrected chi connectivity index (χ0v) is 16.6. The van der Waals surface area contributed by atoms with Gasteiger partial charge in [-0.25, -0.2) is 4.79 Å². The minimum Gasteiger partial charge on any atom is -0.444 e. The molecule has 1 heterocycles. The van der Waals surface area contributed by atoms with E-state index in [1.165, 1.54) is 0 Å². The van der Waals surface area contributed by atoms with Gasteiger partial charge in [0, 0.05) is 39.3 Å². The summed E-state index contributed by atoms with van der Waals surface area (Å²) in [6, 6.07) is 9.33. The molecule has 1 aliphatic heterocycles. The van der Waals surface area contributed by atoms with Crippen LogP contribution in [0, 0.1) is 0 Å². The lowest BCUT2D eigenvalue weighted by Gasteiger charge is -2.36. The largest absolute Gasteiger partial charge is 0.444 e. The van der Waals surface area contributed by atoms with Gasteiger partial charge in [-0.2, -0.15) is 0 Å². The molecule has 1 saturated heterocycles. The van der Waals surface area contributed by atoms with Crippen LogP contribution in [0.2, 0.25) is 0 Å². The van der Waals surface area contributed by atoms with E-state index >= 15 is 0 Å². The lowest BCUT2D eigenvalue weighted by molar-refractivity contribution is -0.134. The van der Waals surface area contributed by atoms with E-state index in [0.717, 1.165) is 25.2 Å². The normalized spacial score (nSPS) is 16.7. The zero-order chi connectivity index (χ0) is 19.9. The summed E-state index contributed by atoms with van der Waals surface area (Å²) in [5.41, 5.74) is 6.70. The molecule has 2 amide bonds. The molecule has 27 heavy (non-hydrogen) atoms.